The Bertz CT molecular complexity index is 624. The van der Waals surface area contributed by atoms with Gasteiger partial charge in [0.25, 0.3) is 0 Å². The van der Waals surface area contributed by atoms with E-state index in [1.807, 2.05) is 19.1 Å². The topological polar surface area (TPSA) is 0 Å². The lowest BCUT2D eigenvalue weighted by Crippen LogP contribution is -2.06. The van der Waals surface area contributed by atoms with Crippen LogP contribution in [0, 0.1) is 6.92 Å². The molecule has 0 nitrogen and oxygen atoms in total. The highest BCUT2D eigenvalue weighted by atomic mass is 35.5. The lowest BCUT2D eigenvalue weighted by molar-refractivity contribution is -0.0868. The quantitative estimate of drug-likeness (QED) is 0.500. The summed E-state index contributed by atoms with van der Waals surface area (Å²) in [6.45, 7) is 1.93. The van der Waals surface area contributed by atoms with Gasteiger partial charge in [-0.3, -0.25) is 0 Å². The molecule has 2 aromatic rings. The summed E-state index contributed by atoms with van der Waals surface area (Å²) in [5.74, 6) is 0.126. The molecule has 5 heteroatoms. The van der Waals surface area contributed by atoms with Gasteiger partial charge in [0.15, 0.2) is 9.58 Å². The molecule has 1 aliphatic carbocycles. The summed E-state index contributed by atoms with van der Waals surface area (Å²) in [6, 6.07) is 7.18. The summed E-state index contributed by atoms with van der Waals surface area (Å²) in [5, 5.41) is 0.784. The highest BCUT2D eigenvalue weighted by Gasteiger charge is 2.49. The van der Waals surface area contributed by atoms with Gasteiger partial charge in [0.2, 0.25) is 0 Å². The Kier molecular flexibility index (Phi) is 4.89. The molecule has 0 amide bonds. The van der Waals surface area contributed by atoms with Crippen molar-refractivity contribution in [3.63, 3.8) is 0 Å². The molecular weight excluding hydrogens is 317 g/mol. The van der Waals surface area contributed by atoms with Gasteiger partial charge >= 0.3 is 5.51 Å². The van der Waals surface area contributed by atoms with Gasteiger partial charge in [0.05, 0.1) is 10.5 Å². The molecule has 0 aliphatic heterocycles. The van der Waals surface area contributed by atoms with Crippen molar-refractivity contribution in [3.8, 4) is 0 Å². The van der Waals surface area contributed by atoms with Gasteiger partial charge in [-0.2, -0.15) is 0 Å². The van der Waals surface area contributed by atoms with Crippen molar-refractivity contribution in [2.45, 2.75) is 50.5 Å². The second kappa shape index (κ2) is 6.17. The first kappa shape index (κ1) is 16.6. The molecule has 1 aromatic carbocycles. The second-order valence-corrected chi connectivity index (χ2v) is 7.66. The zero-order valence-corrected chi connectivity index (χ0v) is 13.5. The second-order valence-electron chi connectivity index (χ2n) is 5.67. The van der Waals surface area contributed by atoms with Crippen LogP contribution in [0.4, 0.5) is 13.2 Å². The fourth-order valence-electron chi connectivity index (χ4n) is 3.24. The summed E-state index contributed by atoms with van der Waals surface area (Å²) in [6.07, 6.45) is 5.12. The maximum Gasteiger partial charge on any atom is 0.600 e. The normalized spacial score (nSPS) is 17.8. The van der Waals surface area contributed by atoms with Crippen molar-refractivity contribution in [1.29, 1.82) is 0 Å². The highest BCUT2D eigenvalue weighted by Crippen LogP contribution is 2.55. The minimum Gasteiger partial charge on any atom is -0.147 e. The third kappa shape index (κ3) is 3.21. The Hall–Kier alpha value is -0.740. The zero-order valence-electron chi connectivity index (χ0n) is 11.9. The smallest absolute Gasteiger partial charge is 0.147 e. The Morgan fingerprint density at radius 2 is 1.71 bits per heavy atom. The van der Waals surface area contributed by atoms with Crippen LogP contribution in [-0.4, -0.2) is 0 Å². The van der Waals surface area contributed by atoms with Crippen molar-refractivity contribution in [2.75, 3.05) is 0 Å². The first-order chi connectivity index (χ1) is 9.47. The molecule has 116 valence electrons. The number of fused-ring (bicyclic) bond motifs is 1. The van der Waals surface area contributed by atoms with Crippen LogP contribution in [-0.2, 0) is 5.51 Å². The summed E-state index contributed by atoms with van der Waals surface area (Å²) in [7, 11) is -1.70. The van der Waals surface area contributed by atoms with Crippen molar-refractivity contribution >= 4 is 33.0 Å². The van der Waals surface area contributed by atoms with E-state index in [-0.39, 0.29) is 18.3 Å². The van der Waals surface area contributed by atoms with E-state index >= 15 is 0 Å². The van der Waals surface area contributed by atoms with E-state index in [0.717, 1.165) is 43.1 Å². The fraction of sp³-hybridized carbons (Fsp3) is 0.500. The van der Waals surface area contributed by atoms with Crippen molar-refractivity contribution < 1.29 is 13.2 Å². The first-order valence-electron chi connectivity index (χ1n) is 7.10. The summed E-state index contributed by atoms with van der Waals surface area (Å²) >= 11 is 0. The lowest BCUT2D eigenvalue weighted by Gasteiger charge is -2.18. The standard InChI is InChI=1S/C16H18F3S.ClH/c1-11-7-8-14-13(9-11)10-15(20(14)16(17,18)19)12-5-3-2-4-6-12;/h7-10,12H,2-6H2,1H3;1H/q+1;. The number of halogens is 4. The molecule has 0 saturated heterocycles. The minimum absolute atomic E-state index is 0. The van der Waals surface area contributed by atoms with Crippen LogP contribution in [0.15, 0.2) is 24.3 Å². The number of rotatable bonds is 1. The molecular formula is C16H19ClF3S+. The Morgan fingerprint density at radius 3 is 2.33 bits per heavy atom. The van der Waals surface area contributed by atoms with Crippen molar-refractivity contribution in [2.24, 2.45) is 0 Å². The molecule has 1 heterocycles. The van der Waals surface area contributed by atoms with Gasteiger partial charge in [-0.1, -0.05) is 30.9 Å². The van der Waals surface area contributed by atoms with E-state index in [1.165, 1.54) is 0 Å². The number of aryl methyl sites for hydroxylation is 1. The van der Waals surface area contributed by atoms with E-state index in [0.29, 0.717) is 9.58 Å². The van der Waals surface area contributed by atoms with Crippen molar-refractivity contribution in [1.82, 2.24) is 0 Å². The van der Waals surface area contributed by atoms with Crippen LogP contribution in [0.1, 0.15) is 48.5 Å². The van der Waals surface area contributed by atoms with E-state index in [4.69, 9.17) is 0 Å². The SMILES string of the molecule is Cc1ccc2c(c1)cc(C1CCCCC1)[s+]2C(F)(F)F.Cl. The monoisotopic (exact) mass is 335 g/mol. The molecule has 1 aromatic heterocycles. The first-order valence-corrected chi connectivity index (χ1v) is 8.32. The number of benzene rings is 1. The Labute approximate surface area is 131 Å². The average molecular weight is 336 g/mol. The molecule has 1 saturated carbocycles. The van der Waals surface area contributed by atoms with Gasteiger partial charge in [-0.05, 0) is 31.9 Å². The van der Waals surface area contributed by atoms with Gasteiger partial charge in [0, 0.05) is 17.4 Å². The third-order valence-corrected chi connectivity index (χ3v) is 6.35. The molecule has 0 radical (unpaired) electrons. The molecule has 21 heavy (non-hydrogen) atoms. The molecule has 1 unspecified atom stereocenters. The molecule has 1 aliphatic rings. The average Bonchev–Trinajstić information content (AvgIpc) is 2.78. The van der Waals surface area contributed by atoms with E-state index in [1.54, 1.807) is 12.1 Å². The maximum absolute atomic E-state index is 13.5. The number of alkyl halides is 3. The third-order valence-electron chi connectivity index (χ3n) is 4.16. The van der Waals surface area contributed by atoms with E-state index < -0.39 is 16.0 Å². The highest BCUT2D eigenvalue weighted by molar-refractivity contribution is 7.38. The lowest BCUT2D eigenvalue weighted by atomic mass is 9.88. The molecule has 0 bridgehead atoms. The number of thiophene rings is 1. The molecule has 1 fully saturated rings. The fourth-order valence-corrected chi connectivity index (χ4v) is 5.38. The van der Waals surface area contributed by atoms with Crippen LogP contribution in [0.3, 0.4) is 0 Å². The summed E-state index contributed by atoms with van der Waals surface area (Å²) < 4.78 is 41.0. The van der Waals surface area contributed by atoms with Crippen LogP contribution >= 0.6 is 22.9 Å². The molecule has 0 spiro atoms. The van der Waals surface area contributed by atoms with Gasteiger partial charge in [-0.25, -0.2) is 0 Å². The van der Waals surface area contributed by atoms with E-state index in [2.05, 4.69) is 0 Å². The maximum atomic E-state index is 13.5. The van der Waals surface area contributed by atoms with Gasteiger partial charge in [-0.15, -0.1) is 25.6 Å². The summed E-state index contributed by atoms with van der Waals surface area (Å²) in [5.41, 5.74) is -3.13. The number of hydrogen-bond acceptors (Lipinski definition) is 0. The predicted molar refractivity (Wildman–Crippen MR) is 85.5 cm³/mol. The van der Waals surface area contributed by atoms with Crippen LogP contribution in [0.5, 0.6) is 0 Å². The summed E-state index contributed by atoms with van der Waals surface area (Å²) in [4.78, 5) is 0.637. The Morgan fingerprint density at radius 1 is 1.05 bits per heavy atom. The molecule has 3 rings (SSSR count). The Balaban J connectivity index is 0.00000161. The largest absolute Gasteiger partial charge is 0.600 e. The van der Waals surface area contributed by atoms with Gasteiger partial charge in [0.1, 0.15) is 0 Å². The molecule has 1 atom stereocenters. The van der Waals surface area contributed by atoms with Crippen LogP contribution in [0.25, 0.3) is 10.1 Å². The van der Waals surface area contributed by atoms with Gasteiger partial charge < -0.3 is 0 Å². The van der Waals surface area contributed by atoms with E-state index in [9.17, 15) is 13.2 Å². The minimum atomic E-state index is -4.15. The van der Waals surface area contributed by atoms with Crippen LogP contribution < -0.4 is 0 Å². The van der Waals surface area contributed by atoms with Crippen LogP contribution in [0.2, 0.25) is 0 Å². The van der Waals surface area contributed by atoms with Crippen molar-refractivity contribution in [3.05, 3.63) is 34.7 Å². The molecule has 0 N–H and O–H groups in total. The predicted octanol–water partition coefficient (Wildman–Crippen LogP) is 6.84. The zero-order chi connectivity index (χ0) is 14.3. The number of hydrogen-bond donors (Lipinski definition) is 0.